The second kappa shape index (κ2) is 6.48. The third-order valence-electron chi connectivity index (χ3n) is 3.26. The zero-order valence-electron chi connectivity index (χ0n) is 12.5. The van der Waals surface area contributed by atoms with E-state index in [0.717, 1.165) is 5.19 Å². The molecule has 20 heavy (non-hydrogen) atoms. The predicted molar refractivity (Wildman–Crippen MR) is 79.2 cm³/mol. The number of rotatable bonds is 6. The van der Waals surface area contributed by atoms with E-state index in [4.69, 9.17) is 0 Å². The van der Waals surface area contributed by atoms with E-state index in [-0.39, 0.29) is 0 Å². The SMILES string of the molecule is CC(C)OC(=O)C(F)(F)CC[Si](C)(C)c1ccccc1. The van der Waals surface area contributed by atoms with Gasteiger partial charge in [-0.25, -0.2) is 4.79 Å². The van der Waals surface area contributed by atoms with Crippen LogP contribution in [0.1, 0.15) is 20.3 Å². The fourth-order valence-corrected chi connectivity index (χ4v) is 4.23. The molecule has 1 aromatic rings. The molecule has 0 heterocycles. The molecule has 0 aliphatic rings. The van der Waals surface area contributed by atoms with Crippen molar-refractivity contribution in [2.75, 3.05) is 0 Å². The molecule has 0 saturated carbocycles. The summed E-state index contributed by atoms with van der Waals surface area (Å²) in [4.78, 5) is 11.4. The smallest absolute Gasteiger partial charge is 0.377 e. The van der Waals surface area contributed by atoms with Gasteiger partial charge in [-0.05, 0) is 19.9 Å². The largest absolute Gasteiger partial charge is 0.459 e. The molecule has 0 atom stereocenters. The third-order valence-corrected chi connectivity index (χ3v) is 6.66. The Labute approximate surface area is 120 Å². The quantitative estimate of drug-likeness (QED) is 0.593. The highest BCUT2D eigenvalue weighted by atomic mass is 28.3. The van der Waals surface area contributed by atoms with Gasteiger partial charge < -0.3 is 4.74 Å². The van der Waals surface area contributed by atoms with E-state index in [9.17, 15) is 13.6 Å². The van der Waals surface area contributed by atoms with Crippen LogP contribution in [0.2, 0.25) is 19.1 Å². The summed E-state index contributed by atoms with van der Waals surface area (Å²) >= 11 is 0. The number of ether oxygens (including phenoxy) is 1. The number of alkyl halides is 2. The number of carbonyl (C=O) groups excluding carboxylic acids is 1. The highest BCUT2D eigenvalue weighted by Gasteiger charge is 2.42. The molecule has 0 radical (unpaired) electrons. The van der Waals surface area contributed by atoms with Crippen molar-refractivity contribution in [1.82, 2.24) is 0 Å². The van der Waals surface area contributed by atoms with Crippen LogP contribution in [0.15, 0.2) is 30.3 Å². The molecule has 0 aromatic heterocycles. The summed E-state index contributed by atoms with van der Waals surface area (Å²) in [6.45, 7) is 7.20. The Morgan fingerprint density at radius 3 is 2.30 bits per heavy atom. The summed E-state index contributed by atoms with van der Waals surface area (Å²) in [6, 6.07) is 10.0. The van der Waals surface area contributed by atoms with Crippen molar-refractivity contribution < 1.29 is 18.3 Å². The van der Waals surface area contributed by atoms with Crippen LogP contribution in [0.5, 0.6) is 0 Å². The van der Waals surface area contributed by atoms with Crippen LogP contribution in [0, 0.1) is 0 Å². The van der Waals surface area contributed by atoms with Crippen molar-refractivity contribution >= 4 is 19.2 Å². The van der Waals surface area contributed by atoms with E-state index < -0.39 is 32.5 Å². The lowest BCUT2D eigenvalue weighted by atomic mass is 10.2. The minimum absolute atomic E-state index is 0.344. The summed E-state index contributed by atoms with van der Waals surface area (Å²) in [7, 11) is -1.96. The van der Waals surface area contributed by atoms with Crippen LogP contribution in [0.3, 0.4) is 0 Å². The van der Waals surface area contributed by atoms with Crippen LogP contribution < -0.4 is 5.19 Å². The van der Waals surface area contributed by atoms with Gasteiger partial charge in [0.1, 0.15) is 0 Å². The Morgan fingerprint density at radius 1 is 1.25 bits per heavy atom. The summed E-state index contributed by atoms with van der Waals surface area (Å²) < 4.78 is 32.2. The maximum Gasteiger partial charge on any atom is 0.377 e. The lowest BCUT2D eigenvalue weighted by Gasteiger charge is -2.25. The van der Waals surface area contributed by atoms with Gasteiger partial charge in [-0.15, -0.1) is 0 Å². The van der Waals surface area contributed by atoms with Crippen LogP contribution >= 0.6 is 0 Å². The molecule has 2 nitrogen and oxygen atoms in total. The second-order valence-corrected chi connectivity index (χ2v) is 10.8. The van der Waals surface area contributed by atoms with Gasteiger partial charge in [0.05, 0.1) is 14.2 Å². The van der Waals surface area contributed by atoms with Gasteiger partial charge in [0, 0.05) is 6.42 Å². The van der Waals surface area contributed by atoms with E-state index in [1.54, 1.807) is 13.8 Å². The van der Waals surface area contributed by atoms with Crippen molar-refractivity contribution in [2.45, 2.75) is 51.4 Å². The monoisotopic (exact) mass is 300 g/mol. The summed E-state index contributed by atoms with van der Waals surface area (Å²) in [5, 5.41) is 1.12. The molecule has 0 aliphatic heterocycles. The normalized spacial score (nSPS) is 12.6. The predicted octanol–water partition coefficient (Wildman–Crippen LogP) is 3.58. The van der Waals surface area contributed by atoms with Crippen molar-refractivity contribution in [2.24, 2.45) is 0 Å². The fraction of sp³-hybridized carbons (Fsp3) is 0.533. The van der Waals surface area contributed by atoms with E-state index in [1.807, 2.05) is 43.4 Å². The van der Waals surface area contributed by atoms with Crippen molar-refractivity contribution in [3.8, 4) is 0 Å². The van der Waals surface area contributed by atoms with Gasteiger partial charge >= 0.3 is 11.9 Å². The van der Waals surface area contributed by atoms with Gasteiger partial charge in [0.2, 0.25) is 0 Å². The highest BCUT2D eigenvalue weighted by Crippen LogP contribution is 2.27. The van der Waals surface area contributed by atoms with Crippen molar-refractivity contribution in [3.63, 3.8) is 0 Å². The molecule has 0 aliphatic carbocycles. The summed E-state index contributed by atoms with van der Waals surface area (Å²) in [5.74, 6) is -4.81. The standard InChI is InChI=1S/C15H22F2O2Si/c1-12(2)19-14(18)15(16,17)10-11-20(3,4)13-8-6-5-7-9-13/h5-9,12H,10-11H2,1-4H3. The van der Waals surface area contributed by atoms with Gasteiger partial charge in [-0.1, -0.05) is 48.6 Å². The van der Waals surface area contributed by atoms with E-state index in [1.165, 1.54) is 0 Å². The minimum atomic E-state index is -3.40. The first-order chi connectivity index (χ1) is 9.15. The molecule has 0 amide bonds. The average Bonchev–Trinajstić information content (AvgIpc) is 2.37. The second-order valence-electron chi connectivity index (χ2n) is 5.91. The minimum Gasteiger partial charge on any atom is -0.459 e. The van der Waals surface area contributed by atoms with Crippen molar-refractivity contribution in [3.05, 3.63) is 30.3 Å². The zero-order valence-corrected chi connectivity index (χ0v) is 13.5. The Bertz CT molecular complexity index is 444. The van der Waals surface area contributed by atoms with Crippen molar-refractivity contribution in [1.29, 1.82) is 0 Å². The number of halogens is 2. The molecule has 0 fully saturated rings. The first-order valence-electron chi connectivity index (χ1n) is 6.79. The lowest BCUT2D eigenvalue weighted by molar-refractivity contribution is -0.176. The van der Waals surface area contributed by atoms with E-state index in [0.29, 0.717) is 6.04 Å². The molecule has 0 N–H and O–H groups in total. The Morgan fingerprint density at radius 2 is 1.80 bits per heavy atom. The number of benzene rings is 1. The number of hydrogen-bond donors (Lipinski definition) is 0. The summed E-state index contributed by atoms with van der Waals surface area (Å²) in [5.41, 5.74) is 0. The third kappa shape index (κ3) is 4.70. The maximum absolute atomic E-state index is 13.8. The molecule has 0 unspecified atom stereocenters. The first kappa shape index (κ1) is 16.8. The van der Waals surface area contributed by atoms with Gasteiger partial charge in [0.15, 0.2) is 0 Å². The van der Waals surface area contributed by atoms with Crippen LogP contribution in [-0.2, 0) is 9.53 Å². The molecular formula is C15H22F2O2Si. The molecule has 0 bridgehead atoms. The zero-order chi connectivity index (χ0) is 15.4. The molecule has 112 valence electrons. The molecule has 5 heteroatoms. The average molecular weight is 300 g/mol. The molecular weight excluding hydrogens is 278 g/mol. The summed E-state index contributed by atoms with van der Waals surface area (Å²) in [6.07, 6.45) is -0.972. The highest BCUT2D eigenvalue weighted by molar-refractivity contribution is 6.89. The van der Waals surface area contributed by atoms with Gasteiger partial charge in [-0.2, -0.15) is 8.78 Å². The maximum atomic E-state index is 13.8. The fourth-order valence-electron chi connectivity index (χ4n) is 1.91. The molecule has 0 saturated heterocycles. The Balaban J connectivity index is 2.68. The van der Waals surface area contributed by atoms with Gasteiger partial charge in [-0.3, -0.25) is 0 Å². The number of esters is 1. The van der Waals surface area contributed by atoms with E-state index >= 15 is 0 Å². The Hall–Kier alpha value is -1.23. The lowest BCUT2D eigenvalue weighted by Crippen LogP contribution is -2.43. The molecule has 0 spiro atoms. The topological polar surface area (TPSA) is 26.3 Å². The van der Waals surface area contributed by atoms with Crippen LogP contribution in [0.25, 0.3) is 0 Å². The number of carbonyl (C=O) groups is 1. The first-order valence-corrected chi connectivity index (χ1v) is 10.0. The number of hydrogen-bond acceptors (Lipinski definition) is 2. The van der Waals surface area contributed by atoms with Crippen LogP contribution in [0.4, 0.5) is 8.78 Å². The Kier molecular flexibility index (Phi) is 5.45. The van der Waals surface area contributed by atoms with E-state index in [2.05, 4.69) is 4.74 Å². The van der Waals surface area contributed by atoms with Gasteiger partial charge in [0.25, 0.3) is 0 Å². The van der Waals surface area contributed by atoms with Crippen LogP contribution in [-0.4, -0.2) is 26.1 Å². The molecule has 1 aromatic carbocycles. The molecule has 1 rings (SSSR count).